The highest BCUT2D eigenvalue weighted by Crippen LogP contribution is 2.37. The Hall–Kier alpha value is -1.84. The van der Waals surface area contributed by atoms with Gasteiger partial charge in [-0.05, 0) is 31.2 Å². The van der Waals surface area contributed by atoms with Crippen molar-refractivity contribution in [3.05, 3.63) is 29.8 Å². The van der Waals surface area contributed by atoms with Crippen LogP contribution in [-0.2, 0) is 14.3 Å². The molecule has 2 saturated heterocycles. The number of hydrogen-bond acceptors (Lipinski definition) is 8. The fraction of sp³-hybridized carbons (Fsp3) is 0.667. The van der Waals surface area contributed by atoms with Crippen molar-refractivity contribution in [2.75, 3.05) is 25.6 Å². The number of aliphatic hydroxyl groups excluding tert-OH is 3. The van der Waals surface area contributed by atoms with Crippen LogP contribution in [0.4, 0.5) is 5.69 Å². The average Bonchev–Trinajstić information content (AvgIpc) is 3.51. The Kier molecular flexibility index (Phi) is 8.06. The van der Waals surface area contributed by atoms with Gasteiger partial charge in [-0.3, -0.25) is 9.59 Å². The molecule has 2 heterocycles. The molecule has 32 heavy (non-hydrogen) atoms. The van der Waals surface area contributed by atoms with Crippen LogP contribution >= 0.6 is 0 Å². The Morgan fingerprint density at radius 1 is 1.09 bits per heavy atom. The van der Waals surface area contributed by atoms with E-state index in [2.05, 4.69) is 0 Å². The van der Waals surface area contributed by atoms with Crippen molar-refractivity contribution in [3.63, 3.8) is 0 Å². The number of anilines is 1. The Balaban J connectivity index is 1.47. The minimum atomic E-state index is -1.14. The second-order valence-electron chi connectivity index (χ2n) is 9.37. The van der Waals surface area contributed by atoms with Crippen molar-refractivity contribution in [1.29, 1.82) is 0 Å². The molecule has 8 heteroatoms. The molecule has 0 amide bonds. The van der Waals surface area contributed by atoms with E-state index < -0.39 is 30.3 Å². The Labute approximate surface area is 189 Å². The van der Waals surface area contributed by atoms with Gasteiger partial charge in [-0.1, -0.05) is 6.92 Å². The number of carbonyl (C=O) groups is 2. The molecule has 8 nitrogen and oxygen atoms in total. The van der Waals surface area contributed by atoms with Gasteiger partial charge in [-0.15, -0.1) is 0 Å². The highest BCUT2D eigenvalue weighted by atomic mass is 16.6. The minimum absolute atomic E-state index is 0.0207. The van der Waals surface area contributed by atoms with Crippen LogP contribution in [0.1, 0.15) is 43.5 Å². The van der Waals surface area contributed by atoms with Crippen LogP contribution in [0.3, 0.4) is 0 Å². The number of rotatable bonds is 10. The number of benzene rings is 1. The van der Waals surface area contributed by atoms with Crippen LogP contribution < -0.4 is 4.90 Å². The quantitative estimate of drug-likeness (QED) is 0.277. The number of Topliss-reactive ketones (excluding diaryl/α,β-unsaturated/α-hetero) is 2. The lowest BCUT2D eigenvalue weighted by Crippen LogP contribution is -2.51. The summed E-state index contributed by atoms with van der Waals surface area (Å²) in [5, 5.41) is 30.7. The largest absolute Gasteiger partial charge is 0.393 e. The van der Waals surface area contributed by atoms with Crippen LogP contribution in [0.25, 0.3) is 0 Å². The van der Waals surface area contributed by atoms with Crippen molar-refractivity contribution in [1.82, 2.24) is 0 Å². The summed E-state index contributed by atoms with van der Waals surface area (Å²) >= 11 is 0. The number of nitrogens with zero attached hydrogens (tertiary/aromatic N) is 1. The Morgan fingerprint density at radius 2 is 1.75 bits per heavy atom. The van der Waals surface area contributed by atoms with Crippen LogP contribution in [-0.4, -0.2) is 84.2 Å². The predicted octanol–water partition coefficient (Wildman–Crippen LogP) is 1.20. The summed E-state index contributed by atoms with van der Waals surface area (Å²) in [6.07, 6.45) is -3.40. The smallest absolute Gasteiger partial charge is 0.170 e. The molecule has 8 atom stereocenters. The zero-order chi connectivity index (χ0) is 23.6. The molecule has 2 aliphatic heterocycles. The normalized spacial score (nSPS) is 31.6. The van der Waals surface area contributed by atoms with Crippen LogP contribution in [0.2, 0.25) is 0 Å². The monoisotopic (exact) mass is 449 g/mol. The van der Waals surface area contributed by atoms with Gasteiger partial charge in [0, 0.05) is 50.0 Å². The zero-order valence-corrected chi connectivity index (χ0v) is 19.2. The summed E-state index contributed by atoms with van der Waals surface area (Å²) in [5.74, 6) is -1.15. The van der Waals surface area contributed by atoms with Gasteiger partial charge >= 0.3 is 0 Å². The molecule has 0 bridgehead atoms. The second-order valence-corrected chi connectivity index (χ2v) is 9.37. The lowest BCUT2D eigenvalue weighted by molar-refractivity contribution is -0.170. The Bertz CT molecular complexity index is 794. The summed E-state index contributed by atoms with van der Waals surface area (Å²) in [5.41, 5.74) is 1.43. The molecule has 0 aromatic heterocycles. The summed E-state index contributed by atoms with van der Waals surface area (Å²) in [4.78, 5) is 26.8. The van der Waals surface area contributed by atoms with E-state index in [1.54, 1.807) is 19.1 Å². The molecule has 0 spiro atoms. The zero-order valence-electron chi connectivity index (χ0n) is 19.2. The van der Waals surface area contributed by atoms with Gasteiger partial charge in [0.25, 0.3) is 0 Å². The summed E-state index contributed by atoms with van der Waals surface area (Å²) in [7, 11) is 3.81. The minimum Gasteiger partial charge on any atom is -0.393 e. The van der Waals surface area contributed by atoms with Crippen molar-refractivity contribution in [2.45, 2.75) is 69.7 Å². The van der Waals surface area contributed by atoms with Crippen molar-refractivity contribution in [3.8, 4) is 0 Å². The summed E-state index contributed by atoms with van der Waals surface area (Å²) in [6.45, 7) is 3.75. The van der Waals surface area contributed by atoms with Gasteiger partial charge in [0.2, 0.25) is 0 Å². The molecular formula is C24H35NO7. The fourth-order valence-electron chi connectivity index (χ4n) is 4.23. The SMILES string of the molecule is C[C@H]([C@@H]1O[C@H]1C[C@@H]1OC[C@H](CC(=O)CC(=O)c2ccc(N(C)C)cc2)[C@@H](O)[C@H]1O)[C@H](C)O. The van der Waals surface area contributed by atoms with E-state index >= 15 is 0 Å². The number of hydrogen-bond donors (Lipinski definition) is 3. The molecule has 3 rings (SSSR count). The third kappa shape index (κ3) is 5.94. The van der Waals surface area contributed by atoms with E-state index in [1.165, 1.54) is 0 Å². The van der Waals surface area contributed by atoms with Crippen molar-refractivity contribution < 1.29 is 34.4 Å². The predicted molar refractivity (Wildman–Crippen MR) is 119 cm³/mol. The molecule has 2 fully saturated rings. The number of ketones is 2. The summed E-state index contributed by atoms with van der Waals surface area (Å²) < 4.78 is 11.3. The first-order valence-electron chi connectivity index (χ1n) is 11.2. The van der Waals surface area contributed by atoms with Crippen LogP contribution in [0, 0.1) is 11.8 Å². The van der Waals surface area contributed by atoms with Gasteiger partial charge in [-0.25, -0.2) is 0 Å². The molecule has 0 radical (unpaired) electrons. The Morgan fingerprint density at radius 3 is 2.34 bits per heavy atom. The average molecular weight is 450 g/mol. The van der Waals surface area contributed by atoms with Gasteiger partial charge < -0.3 is 29.7 Å². The highest BCUT2D eigenvalue weighted by Gasteiger charge is 2.48. The maximum atomic E-state index is 12.5. The number of epoxide rings is 1. The van der Waals surface area contributed by atoms with Gasteiger partial charge in [0.1, 0.15) is 11.9 Å². The number of aliphatic hydroxyl groups is 3. The molecule has 178 valence electrons. The van der Waals surface area contributed by atoms with E-state index in [0.717, 1.165) is 5.69 Å². The molecular weight excluding hydrogens is 414 g/mol. The third-order valence-electron chi connectivity index (χ3n) is 6.66. The van der Waals surface area contributed by atoms with Crippen molar-refractivity contribution in [2.24, 2.45) is 11.8 Å². The lowest BCUT2D eigenvalue weighted by Gasteiger charge is -2.37. The highest BCUT2D eigenvalue weighted by molar-refractivity contribution is 6.08. The molecule has 1 aromatic carbocycles. The van der Waals surface area contributed by atoms with Gasteiger partial charge in [0.05, 0.1) is 43.5 Å². The topological polar surface area (TPSA) is 120 Å². The van der Waals surface area contributed by atoms with E-state index in [-0.39, 0.29) is 49.1 Å². The van der Waals surface area contributed by atoms with E-state index in [1.807, 2.05) is 38.1 Å². The molecule has 0 saturated carbocycles. The standard InChI is InChI=1S/C24H35NO7/c1-13(14(2)26)24-21(32-24)11-20-23(30)22(29)16(12-31-20)9-18(27)10-19(28)15-5-7-17(8-6-15)25(3)4/h5-8,13-14,16,20-24,26,29-30H,9-12H2,1-4H3/t13-,14-,16-,20-,21-,22+,23-,24-/m0/s1. The van der Waals surface area contributed by atoms with Gasteiger partial charge in [-0.2, -0.15) is 0 Å². The van der Waals surface area contributed by atoms with E-state index in [4.69, 9.17) is 9.47 Å². The van der Waals surface area contributed by atoms with E-state index in [9.17, 15) is 24.9 Å². The van der Waals surface area contributed by atoms with Crippen LogP contribution in [0.5, 0.6) is 0 Å². The first-order valence-corrected chi connectivity index (χ1v) is 11.2. The molecule has 2 aliphatic rings. The van der Waals surface area contributed by atoms with Crippen LogP contribution in [0.15, 0.2) is 24.3 Å². The number of carbonyl (C=O) groups excluding carboxylic acids is 2. The van der Waals surface area contributed by atoms with Gasteiger partial charge in [0.15, 0.2) is 5.78 Å². The lowest BCUT2D eigenvalue weighted by atomic mass is 9.85. The number of ether oxygens (including phenoxy) is 2. The molecule has 0 aliphatic carbocycles. The molecule has 0 unspecified atom stereocenters. The second kappa shape index (κ2) is 10.4. The van der Waals surface area contributed by atoms with E-state index in [0.29, 0.717) is 12.0 Å². The fourth-order valence-corrected chi connectivity index (χ4v) is 4.23. The maximum Gasteiger partial charge on any atom is 0.170 e. The third-order valence-corrected chi connectivity index (χ3v) is 6.66. The summed E-state index contributed by atoms with van der Waals surface area (Å²) in [6, 6.07) is 7.04. The van der Waals surface area contributed by atoms with Crippen molar-refractivity contribution >= 4 is 17.3 Å². The maximum absolute atomic E-state index is 12.5. The molecule has 3 N–H and O–H groups in total. The first kappa shape index (κ1) is 24.8. The molecule has 1 aromatic rings. The first-order chi connectivity index (χ1) is 15.1.